The van der Waals surface area contributed by atoms with Gasteiger partial charge in [0, 0.05) is 5.02 Å². The molecule has 0 aliphatic heterocycles. The van der Waals surface area contributed by atoms with E-state index in [0.717, 1.165) is 5.76 Å². The van der Waals surface area contributed by atoms with Gasteiger partial charge in [-0.3, -0.25) is 0 Å². The molecule has 1 aromatic heterocycles. The molecule has 2 aromatic rings. The van der Waals surface area contributed by atoms with Gasteiger partial charge in [-0.2, -0.15) is 0 Å². The predicted octanol–water partition coefficient (Wildman–Crippen LogP) is 4.13. The Morgan fingerprint density at radius 2 is 2.10 bits per heavy atom. The summed E-state index contributed by atoms with van der Waals surface area (Å²) in [6, 6.07) is 8.09. The van der Waals surface area contributed by atoms with Crippen molar-refractivity contribution in [2.24, 2.45) is 0 Å². The molecule has 0 fully saturated rings. The van der Waals surface area contributed by atoms with E-state index in [4.69, 9.17) is 20.8 Å². The highest BCUT2D eigenvalue weighted by Crippen LogP contribution is 2.27. The van der Waals surface area contributed by atoms with Crippen molar-refractivity contribution < 1.29 is 13.9 Å². The van der Waals surface area contributed by atoms with Crippen LogP contribution in [0.15, 0.2) is 34.7 Å². The quantitative estimate of drug-likeness (QED) is 0.892. The largest absolute Gasteiger partial charge is 0.495 e. The number of nitrogens with one attached hydrogen (secondary N) is 2. The van der Waals surface area contributed by atoms with E-state index in [1.807, 2.05) is 26.0 Å². The summed E-state index contributed by atoms with van der Waals surface area (Å²) in [4.78, 5) is 12.0. The highest BCUT2D eigenvalue weighted by molar-refractivity contribution is 6.31. The number of hydrogen-bond acceptors (Lipinski definition) is 3. The van der Waals surface area contributed by atoms with E-state index in [1.54, 1.807) is 18.2 Å². The lowest BCUT2D eigenvalue weighted by molar-refractivity contribution is 0.247. The molecule has 1 heterocycles. The van der Waals surface area contributed by atoms with Crippen LogP contribution in [0.2, 0.25) is 5.02 Å². The van der Waals surface area contributed by atoms with Crippen LogP contribution in [0.25, 0.3) is 0 Å². The van der Waals surface area contributed by atoms with Gasteiger partial charge in [0.1, 0.15) is 17.3 Å². The van der Waals surface area contributed by atoms with Crippen LogP contribution in [-0.4, -0.2) is 13.1 Å². The molecule has 0 radical (unpaired) electrons. The fourth-order valence-corrected chi connectivity index (χ4v) is 2.06. The van der Waals surface area contributed by atoms with Gasteiger partial charge in [0.25, 0.3) is 0 Å². The summed E-state index contributed by atoms with van der Waals surface area (Å²) in [6.45, 7) is 3.69. The summed E-state index contributed by atoms with van der Waals surface area (Å²) >= 11 is 5.92. The molecule has 0 bridgehead atoms. The molecule has 0 aliphatic rings. The number of carbonyl (C=O) groups excluding carboxylic acids is 1. The second-order valence-electron chi connectivity index (χ2n) is 4.61. The number of hydrogen-bond donors (Lipinski definition) is 2. The Bertz CT molecular complexity index is 640. The second kappa shape index (κ2) is 6.54. The normalized spacial score (nSPS) is 11.8. The molecule has 112 valence electrons. The van der Waals surface area contributed by atoms with Crippen molar-refractivity contribution in [1.29, 1.82) is 0 Å². The minimum absolute atomic E-state index is 0.246. The summed E-state index contributed by atoms with van der Waals surface area (Å²) in [5.41, 5.74) is 0.505. The SMILES string of the molecule is COc1ccc(Cl)cc1NC(=O)N[C@@H](C)c1ccc(C)o1. The lowest BCUT2D eigenvalue weighted by Crippen LogP contribution is -2.31. The van der Waals surface area contributed by atoms with E-state index in [1.165, 1.54) is 7.11 Å². The van der Waals surface area contributed by atoms with E-state index in [-0.39, 0.29) is 12.1 Å². The Morgan fingerprint density at radius 3 is 2.71 bits per heavy atom. The molecule has 0 unspecified atom stereocenters. The molecule has 2 rings (SSSR count). The molecule has 0 saturated heterocycles. The minimum atomic E-state index is -0.364. The number of anilines is 1. The Morgan fingerprint density at radius 1 is 1.33 bits per heavy atom. The molecule has 0 aliphatic carbocycles. The summed E-state index contributed by atoms with van der Waals surface area (Å²) in [5.74, 6) is 2.03. The fourth-order valence-electron chi connectivity index (χ4n) is 1.89. The number of methoxy groups -OCH3 is 1. The number of rotatable bonds is 4. The molecular formula is C15H17ClN2O3. The van der Waals surface area contributed by atoms with Crippen LogP contribution in [0.3, 0.4) is 0 Å². The van der Waals surface area contributed by atoms with E-state index in [9.17, 15) is 4.79 Å². The minimum Gasteiger partial charge on any atom is -0.495 e. The van der Waals surface area contributed by atoms with Gasteiger partial charge in [0.05, 0.1) is 18.8 Å². The first-order valence-electron chi connectivity index (χ1n) is 6.47. The van der Waals surface area contributed by atoms with Gasteiger partial charge in [-0.15, -0.1) is 0 Å². The van der Waals surface area contributed by atoms with E-state index >= 15 is 0 Å². The summed E-state index contributed by atoms with van der Waals surface area (Å²) in [5, 5.41) is 6.01. The van der Waals surface area contributed by atoms with Crippen LogP contribution in [0.1, 0.15) is 24.5 Å². The summed E-state index contributed by atoms with van der Waals surface area (Å²) in [6.07, 6.45) is 0. The average molecular weight is 309 g/mol. The first kappa shape index (κ1) is 15.3. The Hall–Kier alpha value is -2.14. The van der Waals surface area contributed by atoms with E-state index in [2.05, 4.69) is 10.6 Å². The number of benzene rings is 1. The number of amides is 2. The van der Waals surface area contributed by atoms with Gasteiger partial charge < -0.3 is 19.8 Å². The standard InChI is InChI=1S/C15H17ClN2O3/c1-9-4-6-13(21-9)10(2)17-15(19)18-12-8-11(16)5-7-14(12)20-3/h4-8,10H,1-3H3,(H2,17,18,19)/t10-/m0/s1. The van der Waals surface area contributed by atoms with Gasteiger partial charge in [-0.25, -0.2) is 4.79 Å². The topological polar surface area (TPSA) is 63.5 Å². The molecule has 0 saturated carbocycles. The first-order valence-corrected chi connectivity index (χ1v) is 6.85. The zero-order valence-electron chi connectivity index (χ0n) is 12.1. The van der Waals surface area contributed by atoms with Crippen molar-refractivity contribution in [2.75, 3.05) is 12.4 Å². The van der Waals surface area contributed by atoms with Gasteiger partial charge in [0.15, 0.2) is 0 Å². The second-order valence-corrected chi connectivity index (χ2v) is 5.05. The number of ether oxygens (including phenoxy) is 1. The van der Waals surface area contributed by atoms with Crippen molar-refractivity contribution in [2.45, 2.75) is 19.9 Å². The van der Waals surface area contributed by atoms with Gasteiger partial charge in [0.2, 0.25) is 0 Å². The van der Waals surface area contributed by atoms with Crippen LogP contribution >= 0.6 is 11.6 Å². The molecule has 0 spiro atoms. The monoisotopic (exact) mass is 308 g/mol. The average Bonchev–Trinajstić information content (AvgIpc) is 2.85. The third-order valence-electron chi connectivity index (χ3n) is 2.95. The maximum atomic E-state index is 12.0. The first-order chi connectivity index (χ1) is 9.99. The van der Waals surface area contributed by atoms with Gasteiger partial charge >= 0.3 is 6.03 Å². The third-order valence-corrected chi connectivity index (χ3v) is 3.18. The summed E-state index contributed by atoms with van der Waals surface area (Å²) < 4.78 is 10.6. The fraction of sp³-hybridized carbons (Fsp3) is 0.267. The lowest BCUT2D eigenvalue weighted by Gasteiger charge is -2.14. The molecule has 2 N–H and O–H groups in total. The van der Waals surface area contributed by atoms with Crippen LogP contribution in [0.4, 0.5) is 10.5 Å². The van der Waals surface area contributed by atoms with E-state index in [0.29, 0.717) is 22.2 Å². The zero-order chi connectivity index (χ0) is 15.4. The van der Waals surface area contributed by atoms with Crippen LogP contribution in [0.5, 0.6) is 5.75 Å². The Kier molecular flexibility index (Phi) is 4.75. The molecule has 5 nitrogen and oxygen atoms in total. The number of carbonyl (C=O) groups is 1. The molecule has 1 aromatic carbocycles. The molecule has 1 atom stereocenters. The number of furan rings is 1. The van der Waals surface area contributed by atoms with Gasteiger partial charge in [-0.1, -0.05) is 11.6 Å². The Labute approximate surface area is 128 Å². The smallest absolute Gasteiger partial charge is 0.319 e. The third kappa shape index (κ3) is 3.92. The van der Waals surface area contributed by atoms with Crippen molar-refractivity contribution >= 4 is 23.3 Å². The van der Waals surface area contributed by atoms with Crippen molar-refractivity contribution in [1.82, 2.24) is 5.32 Å². The summed E-state index contributed by atoms with van der Waals surface area (Å²) in [7, 11) is 1.53. The highest BCUT2D eigenvalue weighted by Gasteiger charge is 2.14. The maximum absolute atomic E-state index is 12.0. The molecular weight excluding hydrogens is 292 g/mol. The maximum Gasteiger partial charge on any atom is 0.319 e. The molecule has 6 heteroatoms. The van der Waals surface area contributed by atoms with Crippen molar-refractivity contribution in [3.05, 3.63) is 46.9 Å². The van der Waals surface area contributed by atoms with Crippen molar-refractivity contribution in [3.63, 3.8) is 0 Å². The van der Waals surface area contributed by atoms with Gasteiger partial charge in [-0.05, 0) is 44.2 Å². The van der Waals surface area contributed by atoms with Crippen LogP contribution in [0, 0.1) is 6.92 Å². The number of urea groups is 1. The zero-order valence-corrected chi connectivity index (χ0v) is 12.8. The number of aryl methyl sites for hydroxylation is 1. The molecule has 21 heavy (non-hydrogen) atoms. The predicted molar refractivity (Wildman–Crippen MR) is 82.0 cm³/mol. The van der Waals surface area contributed by atoms with Crippen LogP contribution < -0.4 is 15.4 Å². The van der Waals surface area contributed by atoms with Crippen molar-refractivity contribution in [3.8, 4) is 5.75 Å². The lowest BCUT2D eigenvalue weighted by atomic mass is 10.2. The Balaban J connectivity index is 2.03. The number of halogens is 1. The van der Waals surface area contributed by atoms with E-state index < -0.39 is 0 Å². The molecule has 2 amide bonds. The van der Waals surface area contributed by atoms with Crippen LogP contribution in [-0.2, 0) is 0 Å². The highest BCUT2D eigenvalue weighted by atomic mass is 35.5.